The van der Waals surface area contributed by atoms with E-state index in [4.69, 9.17) is 11.5 Å². The third-order valence-corrected chi connectivity index (χ3v) is 2.77. The molecule has 2 aromatic rings. The van der Waals surface area contributed by atoms with Crippen molar-refractivity contribution in [3.63, 3.8) is 0 Å². The van der Waals surface area contributed by atoms with Gasteiger partial charge in [-0.05, 0) is 30.7 Å². The maximum atomic E-state index is 11.0. The molecule has 1 aromatic carbocycles. The van der Waals surface area contributed by atoms with E-state index in [-0.39, 0.29) is 0 Å². The SMILES string of the molecule is NC(=O)c1ccc(NCCCn2cccn2)c(N)c1. The summed E-state index contributed by atoms with van der Waals surface area (Å²) >= 11 is 0. The van der Waals surface area contributed by atoms with Crippen molar-refractivity contribution in [2.45, 2.75) is 13.0 Å². The quantitative estimate of drug-likeness (QED) is 0.533. The Bertz CT molecular complexity index is 550. The molecule has 1 aromatic heterocycles. The first kappa shape index (κ1) is 12.9. The summed E-state index contributed by atoms with van der Waals surface area (Å²) in [5.74, 6) is -0.475. The molecule has 0 atom stereocenters. The zero-order valence-corrected chi connectivity index (χ0v) is 10.5. The Morgan fingerprint density at radius 1 is 1.42 bits per heavy atom. The monoisotopic (exact) mass is 259 g/mol. The molecule has 19 heavy (non-hydrogen) atoms. The average molecular weight is 259 g/mol. The smallest absolute Gasteiger partial charge is 0.248 e. The Morgan fingerprint density at radius 3 is 2.89 bits per heavy atom. The number of benzene rings is 1. The second-order valence-electron chi connectivity index (χ2n) is 4.22. The third-order valence-electron chi connectivity index (χ3n) is 2.77. The predicted molar refractivity (Wildman–Crippen MR) is 74.7 cm³/mol. The van der Waals surface area contributed by atoms with E-state index in [9.17, 15) is 4.79 Å². The summed E-state index contributed by atoms with van der Waals surface area (Å²) in [6.07, 6.45) is 4.61. The molecular weight excluding hydrogens is 242 g/mol. The Labute approximate surface area is 111 Å². The first-order valence-corrected chi connectivity index (χ1v) is 6.07. The molecule has 0 aliphatic carbocycles. The van der Waals surface area contributed by atoms with Crippen molar-refractivity contribution in [1.29, 1.82) is 0 Å². The standard InChI is InChI=1S/C13H17N5O/c14-11-9-10(13(15)19)3-4-12(11)16-5-1-7-18-8-2-6-17-18/h2-4,6,8-9,16H,1,5,7,14H2,(H2,15,19). The number of aromatic nitrogens is 2. The van der Waals surface area contributed by atoms with Crippen LogP contribution in [-0.2, 0) is 6.54 Å². The number of rotatable bonds is 6. The van der Waals surface area contributed by atoms with E-state index < -0.39 is 5.91 Å². The van der Waals surface area contributed by atoms with Crippen molar-refractivity contribution in [3.8, 4) is 0 Å². The normalized spacial score (nSPS) is 10.3. The highest BCUT2D eigenvalue weighted by molar-refractivity contribution is 5.94. The van der Waals surface area contributed by atoms with Gasteiger partial charge in [-0.25, -0.2) is 0 Å². The molecule has 0 spiro atoms. The topological polar surface area (TPSA) is 99.0 Å². The van der Waals surface area contributed by atoms with Crippen LogP contribution in [0.3, 0.4) is 0 Å². The molecule has 5 N–H and O–H groups in total. The van der Waals surface area contributed by atoms with Gasteiger partial charge in [0.25, 0.3) is 0 Å². The van der Waals surface area contributed by atoms with Gasteiger partial charge in [0.1, 0.15) is 0 Å². The number of carbonyl (C=O) groups excluding carboxylic acids is 1. The molecule has 0 aliphatic rings. The number of nitrogens with zero attached hydrogens (tertiary/aromatic N) is 2. The molecule has 1 heterocycles. The molecule has 0 saturated carbocycles. The van der Waals surface area contributed by atoms with Gasteiger partial charge in [-0.1, -0.05) is 0 Å². The van der Waals surface area contributed by atoms with Crippen molar-refractivity contribution < 1.29 is 4.79 Å². The summed E-state index contributed by atoms with van der Waals surface area (Å²) in [6.45, 7) is 1.62. The maximum absolute atomic E-state index is 11.0. The predicted octanol–water partition coefficient (Wildman–Crippen LogP) is 1.07. The minimum absolute atomic E-state index is 0.416. The maximum Gasteiger partial charge on any atom is 0.248 e. The number of amides is 1. The van der Waals surface area contributed by atoms with Gasteiger partial charge in [-0.2, -0.15) is 5.10 Å². The zero-order chi connectivity index (χ0) is 13.7. The van der Waals surface area contributed by atoms with E-state index in [0.717, 1.165) is 25.2 Å². The summed E-state index contributed by atoms with van der Waals surface area (Å²) < 4.78 is 1.88. The first-order valence-electron chi connectivity index (χ1n) is 6.07. The van der Waals surface area contributed by atoms with E-state index in [1.54, 1.807) is 24.4 Å². The van der Waals surface area contributed by atoms with Gasteiger partial charge in [-0.3, -0.25) is 9.48 Å². The van der Waals surface area contributed by atoms with E-state index in [0.29, 0.717) is 11.3 Å². The first-order chi connectivity index (χ1) is 9.16. The van der Waals surface area contributed by atoms with Crippen molar-refractivity contribution in [3.05, 3.63) is 42.2 Å². The minimum Gasteiger partial charge on any atom is -0.397 e. The van der Waals surface area contributed by atoms with E-state index in [1.165, 1.54) is 0 Å². The van der Waals surface area contributed by atoms with Gasteiger partial charge in [0, 0.05) is 31.0 Å². The fraction of sp³-hybridized carbons (Fsp3) is 0.231. The molecule has 6 heteroatoms. The number of aryl methyl sites for hydroxylation is 1. The molecule has 0 saturated heterocycles. The van der Waals surface area contributed by atoms with Crippen LogP contribution in [0.15, 0.2) is 36.7 Å². The molecule has 0 bridgehead atoms. The van der Waals surface area contributed by atoms with Gasteiger partial charge < -0.3 is 16.8 Å². The number of nitrogens with one attached hydrogen (secondary N) is 1. The Balaban J connectivity index is 1.84. The van der Waals surface area contributed by atoms with Gasteiger partial charge in [-0.15, -0.1) is 0 Å². The van der Waals surface area contributed by atoms with E-state index in [1.807, 2.05) is 16.9 Å². The number of hydrogen-bond acceptors (Lipinski definition) is 4. The fourth-order valence-electron chi connectivity index (χ4n) is 1.77. The molecular formula is C13H17N5O. The van der Waals surface area contributed by atoms with Crippen molar-refractivity contribution >= 4 is 17.3 Å². The molecule has 0 aliphatic heterocycles. The molecule has 2 rings (SSSR count). The lowest BCUT2D eigenvalue weighted by molar-refractivity contribution is 0.100. The van der Waals surface area contributed by atoms with Crippen LogP contribution in [-0.4, -0.2) is 22.2 Å². The van der Waals surface area contributed by atoms with Crippen molar-refractivity contribution in [2.75, 3.05) is 17.6 Å². The largest absolute Gasteiger partial charge is 0.397 e. The number of nitrogen functional groups attached to an aromatic ring is 1. The van der Waals surface area contributed by atoms with Crippen molar-refractivity contribution in [1.82, 2.24) is 9.78 Å². The van der Waals surface area contributed by atoms with Gasteiger partial charge >= 0.3 is 0 Å². The van der Waals surface area contributed by atoms with Gasteiger partial charge in [0.15, 0.2) is 0 Å². The summed E-state index contributed by atoms with van der Waals surface area (Å²) in [5, 5.41) is 7.35. The van der Waals surface area contributed by atoms with Crippen LogP contribution < -0.4 is 16.8 Å². The molecule has 100 valence electrons. The number of anilines is 2. The number of hydrogen-bond donors (Lipinski definition) is 3. The number of carbonyl (C=O) groups is 1. The van der Waals surface area contributed by atoms with Crippen LogP contribution in [0.25, 0.3) is 0 Å². The second kappa shape index (κ2) is 5.90. The highest BCUT2D eigenvalue weighted by atomic mass is 16.1. The third kappa shape index (κ3) is 3.48. The summed E-state index contributed by atoms with van der Waals surface area (Å²) in [6, 6.07) is 6.91. The van der Waals surface area contributed by atoms with Gasteiger partial charge in [0.2, 0.25) is 5.91 Å². The van der Waals surface area contributed by atoms with Crippen LogP contribution >= 0.6 is 0 Å². The lowest BCUT2D eigenvalue weighted by atomic mass is 10.1. The lowest BCUT2D eigenvalue weighted by Crippen LogP contribution is -2.12. The summed E-state index contributed by atoms with van der Waals surface area (Å²) in [7, 11) is 0. The Morgan fingerprint density at radius 2 is 2.26 bits per heavy atom. The van der Waals surface area contributed by atoms with Crippen LogP contribution in [0.4, 0.5) is 11.4 Å². The van der Waals surface area contributed by atoms with Crippen molar-refractivity contribution in [2.24, 2.45) is 5.73 Å². The summed E-state index contributed by atoms with van der Waals surface area (Å²) in [5.41, 5.74) is 12.8. The molecule has 0 unspecified atom stereocenters. The highest BCUT2D eigenvalue weighted by Gasteiger charge is 2.04. The van der Waals surface area contributed by atoms with Crippen LogP contribution in [0.1, 0.15) is 16.8 Å². The lowest BCUT2D eigenvalue weighted by Gasteiger charge is -2.10. The second-order valence-corrected chi connectivity index (χ2v) is 4.22. The molecule has 0 fully saturated rings. The highest BCUT2D eigenvalue weighted by Crippen LogP contribution is 2.19. The molecule has 0 radical (unpaired) electrons. The van der Waals surface area contributed by atoms with E-state index >= 15 is 0 Å². The van der Waals surface area contributed by atoms with Crippen LogP contribution in [0, 0.1) is 0 Å². The summed E-state index contributed by atoms with van der Waals surface area (Å²) in [4.78, 5) is 11.0. The Hall–Kier alpha value is -2.50. The number of nitrogens with two attached hydrogens (primary N) is 2. The number of primary amides is 1. The van der Waals surface area contributed by atoms with E-state index in [2.05, 4.69) is 10.4 Å². The molecule has 1 amide bonds. The Kier molecular flexibility index (Phi) is 4.02. The van der Waals surface area contributed by atoms with Crippen LogP contribution in [0.5, 0.6) is 0 Å². The van der Waals surface area contributed by atoms with Gasteiger partial charge in [0.05, 0.1) is 11.4 Å². The minimum atomic E-state index is -0.475. The molecule has 6 nitrogen and oxygen atoms in total. The average Bonchev–Trinajstić information content (AvgIpc) is 2.89. The zero-order valence-electron chi connectivity index (χ0n) is 10.5. The van der Waals surface area contributed by atoms with Crippen LogP contribution in [0.2, 0.25) is 0 Å². The fourth-order valence-corrected chi connectivity index (χ4v) is 1.77.